The molecule has 4 rings (SSSR count). The first-order valence-electron chi connectivity index (χ1n) is 8.44. The lowest BCUT2D eigenvalue weighted by atomic mass is 10.1. The molecule has 0 N–H and O–H groups in total. The molecule has 0 atom stereocenters. The highest BCUT2D eigenvalue weighted by atomic mass is 16.5. The van der Waals surface area contributed by atoms with E-state index in [4.69, 9.17) is 8.94 Å². The van der Waals surface area contributed by atoms with Gasteiger partial charge in [0.25, 0.3) is 0 Å². The van der Waals surface area contributed by atoms with Crippen molar-refractivity contribution in [2.45, 2.75) is 26.3 Å². The van der Waals surface area contributed by atoms with Crippen LogP contribution in [-0.2, 0) is 13.0 Å². The molecule has 0 spiro atoms. The molecule has 5 heteroatoms. The molecule has 25 heavy (non-hydrogen) atoms. The van der Waals surface area contributed by atoms with Gasteiger partial charge in [-0.15, -0.1) is 0 Å². The topological polar surface area (TPSA) is 57.0 Å². The van der Waals surface area contributed by atoms with Gasteiger partial charge < -0.3 is 13.5 Å². The van der Waals surface area contributed by atoms with Gasteiger partial charge in [0.1, 0.15) is 5.69 Å². The molecular formula is C20H19N3O2. The Morgan fingerprint density at radius 2 is 1.92 bits per heavy atom. The summed E-state index contributed by atoms with van der Waals surface area (Å²) in [4.78, 5) is 4.64. The molecule has 126 valence electrons. The minimum absolute atomic E-state index is 0.624. The van der Waals surface area contributed by atoms with Gasteiger partial charge in [0.15, 0.2) is 5.76 Å². The second-order valence-corrected chi connectivity index (χ2v) is 5.94. The maximum Gasteiger partial charge on any atom is 0.202 e. The molecule has 0 saturated heterocycles. The smallest absolute Gasteiger partial charge is 0.202 e. The summed E-state index contributed by atoms with van der Waals surface area (Å²) in [7, 11) is 0. The third-order valence-electron chi connectivity index (χ3n) is 4.14. The van der Waals surface area contributed by atoms with Crippen molar-refractivity contribution in [2.24, 2.45) is 0 Å². The quantitative estimate of drug-likeness (QED) is 0.508. The van der Waals surface area contributed by atoms with Gasteiger partial charge in [0.05, 0.1) is 24.8 Å². The van der Waals surface area contributed by atoms with Crippen molar-refractivity contribution in [3.05, 3.63) is 72.5 Å². The van der Waals surface area contributed by atoms with E-state index in [2.05, 4.69) is 33.8 Å². The number of aromatic nitrogens is 3. The Kier molecular flexibility index (Phi) is 4.21. The van der Waals surface area contributed by atoms with Crippen LogP contribution in [0.1, 0.15) is 24.7 Å². The summed E-state index contributed by atoms with van der Waals surface area (Å²) in [6, 6.07) is 15.9. The van der Waals surface area contributed by atoms with Crippen LogP contribution in [0.4, 0.5) is 0 Å². The summed E-state index contributed by atoms with van der Waals surface area (Å²) in [5, 5.41) is 4.17. The van der Waals surface area contributed by atoms with Crippen molar-refractivity contribution in [1.82, 2.24) is 14.7 Å². The van der Waals surface area contributed by atoms with Crippen LogP contribution in [0.15, 0.2) is 70.1 Å². The molecule has 0 aliphatic rings. The highest BCUT2D eigenvalue weighted by Crippen LogP contribution is 2.25. The van der Waals surface area contributed by atoms with Crippen LogP contribution in [0.25, 0.3) is 22.8 Å². The minimum Gasteiger partial charge on any atom is -0.461 e. The summed E-state index contributed by atoms with van der Waals surface area (Å²) < 4.78 is 12.9. The second-order valence-electron chi connectivity index (χ2n) is 5.94. The number of hydrogen-bond donors (Lipinski definition) is 0. The van der Waals surface area contributed by atoms with E-state index in [0.717, 1.165) is 29.8 Å². The largest absolute Gasteiger partial charge is 0.461 e. The van der Waals surface area contributed by atoms with E-state index < -0.39 is 0 Å². The third kappa shape index (κ3) is 3.13. The SMILES string of the molecule is CCCc1c(-c2ccccc2)ncn1Cc1cc(-c2ccco2)on1. The predicted molar refractivity (Wildman–Crippen MR) is 95.0 cm³/mol. The average molecular weight is 333 g/mol. The zero-order chi connectivity index (χ0) is 17.1. The molecule has 3 heterocycles. The fraction of sp³-hybridized carbons (Fsp3) is 0.200. The van der Waals surface area contributed by atoms with E-state index >= 15 is 0 Å². The van der Waals surface area contributed by atoms with Crippen LogP contribution < -0.4 is 0 Å². The fourth-order valence-corrected chi connectivity index (χ4v) is 2.98. The Bertz CT molecular complexity index is 937. The molecule has 1 aromatic carbocycles. The Hall–Kier alpha value is -3.08. The van der Waals surface area contributed by atoms with Gasteiger partial charge in [-0.2, -0.15) is 0 Å². The summed E-state index contributed by atoms with van der Waals surface area (Å²) in [5.74, 6) is 1.32. The lowest BCUT2D eigenvalue weighted by molar-refractivity contribution is 0.408. The molecule has 0 aliphatic carbocycles. The van der Waals surface area contributed by atoms with Gasteiger partial charge in [-0.1, -0.05) is 48.8 Å². The van der Waals surface area contributed by atoms with Gasteiger partial charge in [-0.25, -0.2) is 4.98 Å². The monoisotopic (exact) mass is 333 g/mol. The maximum absolute atomic E-state index is 5.40. The summed E-state index contributed by atoms with van der Waals surface area (Å²) in [6.45, 7) is 2.80. The van der Waals surface area contributed by atoms with Crippen LogP contribution in [-0.4, -0.2) is 14.7 Å². The number of benzene rings is 1. The van der Waals surface area contributed by atoms with E-state index in [1.807, 2.05) is 42.7 Å². The van der Waals surface area contributed by atoms with Crippen molar-refractivity contribution in [3.8, 4) is 22.8 Å². The van der Waals surface area contributed by atoms with Gasteiger partial charge in [-0.3, -0.25) is 0 Å². The molecular weight excluding hydrogens is 314 g/mol. The summed E-state index contributed by atoms with van der Waals surface area (Å²) in [6.07, 6.45) is 5.53. The zero-order valence-electron chi connectivity index (χ0n) is 14.1. The first kappa shape index (κ1) is 15.4. The number of nitrogens with zero attached hydrogens (tertiary/aromatic N) is 3. The molecule has 0 bridgehead atoms. The molecule has 0 saturated carbocycles. The summed E-state index contributed by atoms with van der Waals surface area (Å²) in [5.41, 5.74) is 4.25. The molecule has 3 aromatic heterocycles. The van der Waals surface area contributed by atoms with Crippen LogP contribution in [0, 0.1) is 0 Å². The molecule has 5 nitrogen and oxygen atoms in total. The normalized spacial score (nSPS) is 11.1. The zero-order valence-corrected chi connectivity index (χ0v) is 14.1. The maximum atomic E-state index is 5.40. The second kappa shape index (κ2) is 6.81. The van der Waals surface area contributed by atoms with Gasteiger partial charge in [0, 0.05) is 17.3 Å². The molecule has 0 unspecified atom stereocenters. The van der Waals surface area contributed by atoms with E-state index in [1.165, 1.54) is 5.69 Å². The lowest BCUT2D eigenvalue weighted by Gasteiger charge is -2.08. The van der Waals surface area contributed by atoms with Crippen LogP contribution in [0.3, 0.4) is 0 Å². The van der Waals surface area contributed by atoms with E-state index in [9.17, 15) is 0 Å². The van der Waals surface area contributed by atoms with Crippen LogP contribution >= 0.6 is 0 Å². The van der Waals surface area contributed by atoms with Crippen molar-refractivity contribution in [2.75, 3.05) is 0 Å². The van der Waals surface area contributed by atoms with Gasteiger partial charge in [0.2, 0.25) is 5.76 Å². The Morgan fingerprint density at radius 1 is 1.04 bits per heavy atom. The minimum atomic E-state index is 0.624. The highest BCUT2D eigenvalue weighted by Gasteiger charge is 2.15. The molecule has 0 radical (unpaired) electrons. The Balaban J connectivity index is 1.63. The standard InChI is InChI=1S/C20H19N3O2/c1-2-7-17-20(15-8-4-3-5-9-15)21-14-23(17)13-16-12-19(25-22-16)18-10-6-11-24-18/h3-6,8-12,14H,2,7,13H2,1H3. The first-order chi connectivity index (χ1) is 12.3. The first-order valence-corrected chi connectivity index (χ1v) is 8.44. The Labute approximate surface area is 145 Å². The van der Waals surface area contributed by atoms with Crippen LogP contribution in [0.2, 0.25) is 0 Å². The molecule has 0 aliphatic heterocycles. The van der Waals surface area contributed by atoms with Crippen molar-refractivity contribution < 1.29 is 8.94 Å². The van der Waals surface area contributed by atoms with Gasteiger partial charge >= 0.3 is 0 Å². The lowest BCUT2D eigenvalue weighted by Crippen LogP contribution is -2.04. The molecule has 0 fully saturated rings. The summed E-state index contributed by atoms with van der Waals surface area (Å²) >= 11 is 0. The molecule has 4 aromatic rings. The Morgan fingerprint density at radius 3 is 2.68 bits per heavy atom. The van der Waals surface area contributed by atoms with E-state index in [1.54, 1.807) is 6.26 Å². The van der Waals surface area contributed by atoms with E-state index in [-0.39, 0.29) is 0 Å². The average Bonchev–Trinajstić information content (AvgIpc) is 3.38. The van der Waals surface area contributed by atoms with Gasteiger partial charge in [-0.05, 0) is 18.6 Å². The van der Waals surface area contributed by atoms with Crippen molar-refractivity contribution >= 4 is 0 Å². The van der Waals surface area contributed by atoms with Crippen molar-refractivity contribution in [3.63, 3.8) is 0 Å². The fourth-order valence-electron chi connectivity index (χ4n) is 2.98. The third-order valence-corrected chi connectivity index (χ3v) is 4.14. The predicted octanol–water partition coefficient (Wildman–Crippen LogP) is 4.80. The highest BCUT2D eigenvalue weighted by molar-refractivity contribution is 5.62. The number of rotatable bonds is 6. The number of imidazole rings is 1. The van der Waals surface area contributed by atoms with E-state index in [0.29, 0.717) is 18.1 Å². The number of furan rings is 1. The van der Waals surface area contributed by atoms with Crippen LogP contribution in [0.5, 0.6) is 0 Å². The number of hydrogen-bond acceptors (Lipinski definition) is 4. The molecule has 0 amide bonds. The van der Waals surface area contributed by atoms with Crippen molar-refractivity contribution in [1.29, 1.82) is 0 Å².